The Kier molecular flexibility index (Phi) is 5.76. The topological polar surface area (TPSA) is 55.6 Å². The summed E-state index contributed by atoms with van der Waals surface area (Å²) in [7, 11) is 1.72. The highest BCUT2D eigenvalue weighted by Crippen LogP contribution is 2.22. The van der Waals surface area contributed by atoms with Crippen molar-refractivity contribution in [3.05, 3.63) is 29.3 Å². The van der Waals surface area contributed by atoms with Crippen molar-refractivity contribution in [2.75, 3.05) is 20.2 Å². The second-order valence-electron chi connectivity index (χ2n) is 4.54. The number of carbonyl (C=O) groups is 1. The first-order chi connectivity index (χ1) is 8.91. The molecule has 19 heavy (non-hydrogen) atoms. The van der Waals surface area contributed by atoms with Gasteiger partial charge in [0.25, 0.3) is 5.91 Å². The van der Waals surface area contributed by atoms with Gasteiger partial charge in [0, 0.05) is 20.0 Å². The van der Waals surface area contributed by atoms with Gasteiger partial charge in [0.15, 0.2) is 6.61 Å². The van der Waals surface area contributed by atoms with Crippen LogP contribution in [-0.2, 0) is 4.79 Å². The summed E-state index contributed by atoms with van der Waals surface area (Å²) in [6, 6.07) is 5.89. The highest BCUT2D eigenvalue weighted by atomic mass is 32.1. The van der Waals surface area contributed by atoms with E-state index in [-0.39, 0.29) is 12.5 Å². The number of nitrogens with two attached hydrogens (primary N) is 1. The molecule has 0 saturated carbocycles. The van der Waals surface area contributed by atoms with Crippen LogP contribution < -0.4 is 10.5 Å². The van der Waals surface area contributed by atoms with E-state index in [1.165, 1.54) is 0 Å². The van der Waals surface area contributed by atoms with E-state index in [1.807, 2.05) is 32.0 Å². The number of rotatable bonds is 6. The number of carbonyl (C=O) groups excluding carboxylic acids is 1. The van der Waals surface area contributed by atoms with Gasteiger partial charge in [0.05, 0.1) is 4.99 Å². The van der Waals surface area contributed by atoms with E-state index in [1.54, 1.807) is 11.9 Å². The fourth-order valence-electron chi connectivity index (χ4n) is 1.67. The number of para-hydroxylation sites is 1. The number of aryl methyl sites for hydroxylation is 2. The lowest BCUT2D eigenvalue weighted by Gasteiger charge is -2.18. The molecule has 0 aromatic heterocycles. The molecule has 0 heterocycles. The van der Waals surface area contributed by atoms with Gasteiger partial charge in [-0.15, -0.1) is 0 Å². The lowest BCUT2D eigenvalue weighted by molar-refractivity contribution is -0.131. The molecular formula is C14H20N2O2S. The first-order valence-corrected chi connectivity index (χ1v) is 6.54. The van der Waals surface area contributed by atoms with Crippen molar-refractivity contribution < 1.29 is 9.53 Å². The summed E-state index contributed by atoms with van der Waals surface area (Å²) in [5.41, 5.74) is 7.46. The molecule has 104 valence electrons. The maximum absolute atomic E-state index is 11.9. The molecule has 4 nitrogen and oxygen atoms in total. The summed E-state index contributed by atoms with van der Waals surface area (Å²) in [5, 5.41) is 0. The van der Waals surface area contributed by atoms with Crippen LogP contribution >= 0.6 is 12.2 Å². The fourth-order valence-corrected chi connectivity index (χ4v) is 1.76. The minimum Gasteiger partial charge on any atom is -0.483 e. The molecule has 1 rings (SSSR count). The second kappa shape index (κ2) is 7.09. The van der Waals surface area contributed by atoms with Gasteiger partial charge in [-0.3, -0.25) is 4.79 Å². The molecule has 0 aliphatic heterocycles. The first-order valence-electron chi connectivity index (χ1n) is 6.13. The number of nitrogens with zero attached hydrogens (tertiary/aromatic N) is 1. The van der Waals surface area contributed by atoms with E-state index < -0.39 is 0 Å². The van der Waals surface area contributed by atoms with Crippen LogP contribution in [0.15, 0.2) is 18.2 Å². The van der Waals surface area contributed by atoms with Crippen molar-refractivity contribution in [3.63, 3.8) is 0 Å². The Bertz CT molecular complexity index is 454. The maximum Gasteiger partial charge on any atom is 0.260 e. The van der Waals surface area contributed by atoms with Crippen LogP contribution in [0.2, 0.25) is 0 Å². The van der Waals surface area contributed by atoms with E-state index in [4.69, 9.17) is 22.7 Å². The predicted octanol–water partition coefficient (Wildman–Crippen LogP) is 1.82. The van der Waals surface area contributed by atoms with Crippen LogP contribution in [0.4, 0.5) is 0 Å². The summed E-state index contributed by atoms with van der Waals surface area (Å²) in [6.07, 6.45) is 0.529. The van der Waals surface area contributed by atoms with Gasteiger partial charge in [-0.2, -0.15) is 0 Å². The van der Waals surface area contributed by atoms with E-state index in [0.717, 1.165) is 16.9 Å². The predicted molar refractivity (Wildman–Crippen MR) is 80.5 cm³/mol. The Morgan fingerprint density at radius 3 is 2.47 bits per heavy atom. The number of ether oxygens (including phenoxy) is 1. The van der Waals surface area contributed by atoms with Crippen LogP contribution in [0.3, 0.4) is 0 Å². The van der Waals surface area contributed by atoms with Gasteiger partial charge in [0.1, 0.15) is 5.75 Å². The summed E-state index contributed by atoms with van der Waals surface area (Å²) in [5.74, 6) is 0.692. The third kappa shape index (κ3) is 4.87. The van der Waals surface area contributed by atoms with Crippen molar-refractivity contribution in [2.45, 2.75) is 20.3 Å². The Morgan fingerprint density at radius 2 is 1.95 bits per heavy atom. The van der Waals surface area contributed by atoms with Crippen LogP contribution in [-0.4, -0.2) is 36.0 Å². The Morgan fingerprint density at radius 1 is 1.37 bits per heavy atom. The molecule has 0 fully saturated rings. The third-order valence-electron chi connectivity index (χ3n) is 2.87. The van der Waals surface area contributed by atoms with E-state index in [9.17, 15) is 4.79 Å². The zero-order valence-electron chi connectivity index (χ0n) is 11.6. The van der Waals surface area contributed by atoms with Crippen molar-refractivity contribution in [3.8, 4) is 5.75 Å². The quantitative estimate of drug-likeness (QED) is 0.808. The summed E-state index contributed by atoms with van der Waals surface area (Å²) in [4.78, 5) is 13.9. The largest absolute Gasteiger partial charge is 0.483 e. The average molecular weight is 280 g/mol. The summed E-state index contributed by atoms with van der Waals surface area (Å²) >= 11 is 4.78. The van der Waals surface area contributed by atoms with Gasteiger partial charge < -0.3 is 15.4 Å². The summed E-state index contributed by atoms with van der Waals surface area (Å²) < 4.78 is 5.60. The molecule has 0 atom stereocenters. The molecule has 0 unspecified atom stereocenters. The van der Waals surface area contributed by atoms with Gasteiger partial charge in [-0.25, -0.2) is 0 Å². The minimum atomic E-state index is -0.0843. The number of thiocarbonyl (C=S) groups is 1. The molecule has 1 aromatic rings. The average Bonchev–Trinajstić information content (AvgIpc) is 2.35. The zero-order valence-corrected chi connectivity index (χ0v) is 12.4. The molecule has 0 radical (unpaired) electrons. The van der Waals surface area contributed by atoms with Crippen molar-refractivity contribution in [1.82, 2.24) is 4.90 Å². The Balaban J connectivity index is 2.52. The number of hydrogen-bond acceptors (Lipinski definition) is 3. The molecule has 0 spiro atoms. The number of hydrogen-bond donors (Lipinski definition) is 1. The Labute approximate surface area is 119 Å². The van der Waals surface area contributed by atoms with E-state index in [2.05, 4.69) is 0 Å². The van der Waals surface area contributed by atoms with Gasteiger partial charge >= 0.3 is 0 Å². The lowest BCUT2D eigenvalue weighted by atomic mass is 10.1. The SMILES string of the molecule is Cc1cccc(C)c1OCC(=O)N(C)CCC(N)=S. The number of amides is 1. The van der Waals surface area contributed by atoms with Crippen LogP contribution in [0.25, 0.3) is 0 Å². The lowest BCUT2D eigenvalue weighted by Crippen LogP contribution is -2.33. The standard InChI is InChI=1S/C14H20N2O2S/c1-10-5-4-6-11(2)14(10)18-9-13(17)16(3)8-7-12(15)19/h4-6H,7-9H2,1-3H3,(H2,15,19). The Hall–Kier alpha value is -1.62. The molecule has 1 amide bonds. The second-order valence-corrected chi connectivity index (χ2v) is 5.07. The van der Waals surface area contributed by atoms with E-state index in [0.29, 0.717) is 18.0 Å². The minimum absolute atomic E-state index is 0.0273. The van der Waals surface area contributed by atoms with Gasteiger partial charge in [-0.1, -0.05) is 30.4 Å². The van der Waals surface area contributed by atoms with Crippen LogP contribution in [0.1, 0.15) is 17.5 Å². The van der Waals surface area contributed by atoms with Gasteiger partial charge in [-0.05, 0) is 25.0 Å². The highest BCUT2D eigenvalue weighted by molar-refractivity contribution is 7.80. The fraction of sp³-hybridized carbons (Fsp3) is 0.429. The third-order valence-corrected chi connectivity index (χ3v) is 3.07. The molecule has 0 aliphatic rings. The first kappa shape index (κ1) is 15.4. The van der Waals surface area contributed by atoms with Crippen molar-refractivity contribution >= 4 is 23.1 Å². The molecule has 0 aliphatic carbocycles. The van der Waals surface area contributed by atoms with Crippen molar-refractivity contribution in [1.29, 1.82) is 0 Å². The monoisotopic (exact) mass is 280 g/mol. The van der Waals surface area contributed by atoms with Crippen LogP contribution in [0, 0.1) is 13.8 Å². The normalized spacial score (nSPS) is 10.1. The number of benzene rings is 1. The van der Waals surface area contributed by atoms with Gasteiger partial charge in [0.2, 0.25) is 0 Å². The maximum atomic E-state index is 11.9. The van der Waals surface area contributed by atoms with Crippen molar-refractivity contribution in [2.24, 2.45) is 5.73 Å². The molecule has 0 bridgehead atoms. The van der Waals surface area contributed by atoms with Crippen LogP contribution in [0.5, 0.6) is 5.75 Å². The molecule has 5 heteroatoms. The molecule has 2 N–H and O–H groups in total. The zero-order chi connectivity index (χ0) is 14.4. The molecule has 1 aromatic carbocycles. The number of likely N-dealkylation sites (N-methyl/N-ethyl adjacent to an activating group) is 1. The summed E-state index contributed by atoms with van der Waals surface area (Å²) in [6.45, 7) is 4.47. The van der Waals surface area contributed by atoms with E-state index >= 15 is 0 Å². The molecule has 0 saturated heterocycles. The molecular weight excluding hydrogens is 260 g/mol. The smallest absolute Gasteiger partial charge is 0.260 e. The highest BCUT2D eigenvalue weighted by Gasteiger charge is 2.11.